The molecule has 0 aliphatic carbocycles. The van der Waals surface area contributed by atoms with E-state index in [-0.39, 0.29) is 18.3 Å². The van der Waals surface area contributed by atoms with Crippen molar-refractivity contribution in [2.45, 2.75) is 45.8 Å². The van der Waals surface area contributed by atoms with Crippen LogP contribution in [0.5, 0.6) is 0 Å². The average Bonchev–Trinajstić information content (AvgIpc) is 2.61. The van der Waals surface area contributed by atoms with Crippen LogP contribution in [0.25, 0.3) is 6.08 Å². The summed E-state index contributed by atoms with van der Waals surface area (Å²) in [5, 5.41) is 3.81. The van der Waals surface area contributed by atoms with Gasteiger partial charge in [-0.1, -0.05) is 11.6 Å². The molecule has 1 aromatic heterocycles. The Morgan fingerprint density at radius 3 is 2.41 bits per heavy atom. The monoisotopic (exact) mass is 322 g/mol. The maximum absolute atomic E-state index is 6.13. The second-order valence-electron chi connectivity index (χ2n) is 6.69. The molecule has 1 fully saturated rings. The lowest BCUT2D eigenvalue weighted by atomic mass is 9.77. The van der Waals surface area contributed by atoms with Gasteiger partial charge in [0, 0.05) is 12.7 Å². The van der Waals surface area contributed by atoms with Gasteiger partial charge in [0.2, 0.25) is 0 Å². The zero-order valence-electron chi connectivity index (χ0n) is 14.2. The van der Waals surface area contributed by atoms with Crippen molar-refractivity contribution in [1.82, 2.24) is 10.3 Å². The number of rotatable bonds is 4. The van der Waals surface area contributed by atoms with Crippen LogP contribution < -0.4 is 5.32 Å². The molecule has 22 heavy (non-hydrogen) atoms. The van der Waals surface area contributed by atoms with Crippen LogP contribution in [0.2, 0.25) is 5.02 Å². The van der Waals surface area contributed by atoms with E-state index >= 15 is 0 Å². The molecule has 2 rings (SSSR count). The van der Waals surface area contributed by atoms with Crippen LogP contribution in [0.1, 0.15) is 39.0 Å². The Morgan fingerprint density at radius 1 is 1.32 bits per heavy atom. The van der Waals surface area contributed by atoms with Crippen LogP contribution in [-0.2, 0) is 9.31 Å². The normalized spacial score (nSPS) is 20.5. The van der Waals surface area contributed by atoms with Gasteiger partial charge in [-0.3, -0.25) is 4.98 Å². The van der Waals surface area contributed by atoms with E-state index in [4.69, 9.17) is 20.9 Å². The first-order chi connectivity index (χ1) is 10.2. The fourth-order valence-corrected chi connectivity index (χ4v) is 2.49. The SMILES string of the molecule is CNCC(=Cc1ncc(Cl)cc1C)B1OC(C)(C)C(C)(C)O1. The predicted octanol–water partition coefficient (Wildman–Crippen LogP) is 3.28. The summed E-state index contributed by atoms with van der Waals surface area (Å²) in [6.45, 7) is 10.9. The summed E-state index contributed by atoms with van der Waals surface area (Å²) >= 11 is 5.97. The number of hydrogen-bond donors (Lipinski definition) is 1. The zero-order valence-corrected chi connectivity index (χ0v) is 14.9. The van der Waals surface area contributed by atoms with Gasteiger partial charge in [0.25, 0.3) is 0 Å². The molecule has 2 heterocycles. The molecule has 1 N–H and O–H groups in total. The first kappa shape index (κ1) is 17.5. The van der Waals surface area contributed by atoms with Crippen LogP contribution in [0.3, 0.4) is 0 Å². The fraction of sp³-hybridized carbons (Fsp3) is 0.562. The Labute approximate surface area is 138 Å². The molecular weight excluding hydrogens is 298 g/mol. The molecule has 1 aromatic rings. The van der Waals surface area contributed by atoms with Crippen LogP contribution in [-0.4, -0.2) is 36.9 Å². The van der Waals surface area contributed by atoms with Gasteiger partial charge in [-0.25, -0.2) is 0 Å². The van der Waals surface area contributed by atoms with Crippen molar-refractivity contribution in [1.29, 1.82) is 0 Å². The van der Waals surface area contributed by atoms with Gasteiger partial charge in [0.15, 0.2) is 0 Å². The summed E-state index contributed by atoms with van der Waals surface area (Å²) in [7, 11) is 1.52. The lowest BCUT2D eigenvalue weighted by molar-refractivity contribution is 0.00578. The smallest absolute Gasteiger partial charge is 0.400 e. The van der Waals surface area contributed by atoms with Crippen molar-refractivity contribution < 1.29 is 9.31 Å². The molecule has 1 aliphatic rings. The molecule has 0 saturated carbocycles. The van der Waals surface area contributed by atoms with Gasteiger partial charge in [-0.05, 0) is 64.8 Å². The summed E-state index contributed by atoms with van der Waals surface area (Å²) in [5.41, 5.74) is 2.21. The fourth-order valence-electron chi connectivity index (χ4n) is 2.28. The van der Waals surface area contributed by atoms with E-state index in [0.29, 0.717) is 11.6 Å². The van der Waals surface area contributed by atoms with Crippen molar-refractivity contribution in [2.24, 2.45) is 0 Å². The molecule has 0 bridgehead atoms. The van der Waals surface area contributed by atoms with Gasteiger partial charge in [-0.2, -0.15) is 0 Å². The second kappa shape index (κ2) is 6.32. The summed E-state index contributed by atoms with van der Waals surface area (Å²) in [6.07, 6.45) is 3.67. The van der Waals surface area contributed by atoms with Crippen molar-refractivity contribution in [3.63, 3.8) is 0 Å². The number of aromatic nitrogens is 1. The molecule has 0 amide bonds. The number of halogens is 1. The highest BCUT2D eigenvalue weighted by Gasteiger charge is 2.52. The lowest BCUT2D eigenvalue weighted by Crippen LogP contribution is -2.41. The summed E-state index contributed by atoms with van der Waals surface area (Å²) in [5.74, 6) is 0. The molecule has 4 nitrogen and oxygen atoms in total. The summed E-state index contributed by atoms with van der Waals surface area (Å²) in [4.78, 5) is 4.40. The maximum atomic E-state index is 6.13. The Hall–Kier alpha value is -0.875. The number of nitrogens with zero attached hydrogens (tertiary/aromatic N) is 1. The van der Waals surface area contributed by atoms with Gasteiger partial charge in [-0.15, -0.1) is 0 Å². The van der Waals surface area contributed by atoms with Crippen LogP contribution >= 0.6 is 11.6 Å². The van der Waals surface area contributed by atoms with E-state index in [0.717, 1.165) is 16.7 Å². The van der Waals surface area contributed by atoms with E-state index in [1.165, 1.54) is 0 Å². The number of pyridine rings is 1. The predicted molar refractivity (Wildman–Crippen MR) is 92.0 cm³/mol. The van der Waals surface area contributed by atoms with Crippen molar-refractivity contribution in [2.75, 3.05) is 13.6 Å². The minimum absolute atomic E-state index is 0.354. The summed E-state index contributed by atoms with van der Waals surface area (Å²) < 4.78 is 12.3. The van der Waals surface area contributed by atoms with E-state index in [1.54, 1.807) is 6.20 Å². The Bertz CT molecular complexity index is 572. The number of nitrogens with one attached hydrogen (secondary N) is 1. The summed E-state index contributed by atoms with van der Waals surface area (Å²) in [6, 6.07) is 1.90. The third kappa shape index (κ3) is 3.54. The van der Waals surface area contributed by atoms with Gasteiger partial charge in [0.1, 0.15) is 0 Å². The van der Waals surface area contributed by atoms with E-state index in [2.05, 4.69) is 38.0 Å². The molecule has 1 saturated heterocycles. The molecular formula is C16H24BClN2O2. The molecule has 6 heteroatoms. The first-order valence-electron chi connectivity index (χ1n) is 7.49. The molecule has 0 radical (unpaired) electrons. The maximum Gasteiger partial charge on any atom is 0.491 e. The second-order valence-corrected chi connectivity index (χ2v) is 7.13. The van der Waals surface area contributed by atoms with E-state index < -0.39 is 0 Å². The van der Waals surface area contributed by atoms with Crippen molar-refractivity contribution in [3.05, 3.63) is 34.0 Å². The quantitative estimate of drug-likeness (QED) is 0.864. The zero-order chi connectivity index (χ0) is 16.5. The number of aryl methyl sites for hydroxylation is 1. The molecule has 120 valence electrons. The Balaban J connectivity index is 2.33. The molecule has 0 atom stereocenters. The highest BCUT2D eigenvalue weighted by atomic mass is 35.5. The Kier molecular flexibility index (Phi) is 5.02. The molecule has 1 aliphatic heterocycles. The number of likely N-dealkylation sites (N-methyl/N-ethyl adjacent to an activating group) is 1. The van der Waals surface area contributed by atoms with Gasteiger partial charge < -0.3 is 14.6 Å². The lowest BCUT2D eigenvalue weighted by Gasteiger charge is -2.32. The van der Waals surface area contributed by atoms with Crippen LogP contribution in [0, 0.1) is 6.92 Å². The van der Waals surface area contributed by atoms with E-state index in [9.17, 15) is 0 Å². The first-order valence-corrected chi connectivity index (χ1v) is 7.87. The Morgan fingerprint density at radius 2 is 1.91 bits per heavy atom. The van der Waals surface area contributed by atoms with E-state index in [1.807, 2.05) is 26.1 Å². The molecule has 0 aromatic carbocycles. The third-order valence-electron chi connectivity index (χ3n) is 4.34. The minimum Gasteiger partial charge on any atom is -0.400 e. The van der Waals surface area contributed by atoms with Gasteiger partial charge >= 0.3 is 7.12 Å². The highest BCUT2D eigenvalue weighted by molar-refractivity contribution is 6.55. The molecule has 0 unspecified atom stereocenters. The minimum atomic E-state index is -0.380. The van der Waals surface area contributed by atoms with Crippen LogP contribution in [0.15, 0.2) is 17.7 Å². The molecule has 0 spiro atoms. The van der Waals surface area contributed by atoms with Crippen LogP contribution in [0.4, 0.5) is 0 Å². The third-order valence-corrected chi connectivity index (χ3v) is 4.55. The standard InChI is InChI=1S/C16H24BClN2O2/c1-11-7-13(18)10-20-14(11)8-12(9-19-6)17-21-15(2,3)16(4,5)22-17/h7-8,10,19H,9H2,1-6H3. The van der Waals surface area contributed by atoms with Gasteiger partial charge in [0.05, 0.1) is 21.9 Å². The largest absolute Gasteiger partial charge is 0.491 e. The van der Waals surface area contributed by atoms with Crippen molar-refractivity contribution in [3.8, 4) is 0 Å². The highest BCUT2D eigenvalue weighted by Crippen LogP contribution is 2.38. The van der Waals surface area contributed by atoms with Crippen molar-refractivity contribution >= 4 is 24.8 Å². The average molecular weight is 323 g/mol. The topological polar surface area (TPSA) is 43.4 Å². The number of hydrogen-bond acceptors (Lipinski definition) is 4.